The average molecular weight is 243 g/mol. The lowest BCUT2D eigenvalue weighted by Crippen LogP contribution is -2.43. The molecule has 0 bridgehead atoms. The van der Waals surface area contributed by atoms with Crippen LogP contribution in [0, 0.1) is 11.8 Å². The van der Waals surface area contributed by atoms with Gasteiger partial charge in [-0.3, -0.25) is 0 Å². The molecule has 96 valence electrons. The van der Waals surface area contributed by atoms with E-state index in [2.05, 4.69) is 44.8 Å². The Bertz CT molecular complexity index is 182. The lowest BCUT2D eigenvalue weighted by atomic mass is 9.79. The van der Waals surface area contributed by atoms with E-state index >= 15 is 0 Å². The molecule has 1 saturated carbocycles. The van der Waals surface area contributed by atoms with Crippen LogP contribution in [-0.2, 0) is 0 Å². The SMILES string of the molecule is CCCNC1CCC(C(C)C)CC1SCC. The Morgan fingerprint density at radius 1 is 1.25 bits per heavy atom. The van der Waals surface area contributed by atoms with Gasteiger partial charge < -0.3 is 5.32 Å². The molecule has 0 aliphatic heterocycles. The summed E-state index contributed by atoms with van der Waals surface area (Å²) in [6.45, 7) is 10.5. The van der Waals surface area contributed by atoms with Crippen molar-refractivity contribution in [1.82, 2.24) is 5.32 Å². The average Bonchev–Trinajstić information content (AvgIpc) is 2.27. The minimum absolute atomic E-state index is 0.778. The van der Waals surface area contributed by atoms with Crippen LogP contribution in [0.1, 0.15) is 53.4 Å². The maximum absolute atomic E-state index is 3.74. The zero-order valence-electron chi connectivity index (χ0n) is 11.5. The topological polar surface area (TPSA) is 12.0 Å². The van der Waals surface area contributed by atoms with Gasteiger partial charge in [0.1, 0.15) is 0 Å². The highest BCUT2D eigenvalue weighted by Crippen LogP contribution is 2.36. The molecule has 3 unspecified atom stereocenters. The molecule has 0 heterocycles. The Balaban J connectivity index is 2.45. The van der Waals surface area contributed by atoms with Crippen molar-refractivity contribution in [2.45, 2.75) is 64.7 Å². The van der Waals surface area contributed by atoms with Crippen molar-refractivity contribution >= 4 is 11.8 Å². The number of rotatable bonds is 6. The molecule has 1 aliphatic rings. The second kappa shape index (κ2) is 7.60. The summed E-state index contributed by atoms with van der Waals surface area (Å²) in [4.78, 5) is 0. The minimum atomic E-state index is 0.778. The third-order valence-corrected chi connectivity index (χ3v) is 5.09. The van der Waals surface area contributed by atoms with Gasteiger partial charge in [0.05, 0.1) is 0 Å². The van der Waals surface area contributed by atoms with Crippen molar-refractivity contribution in [3.8, 4) is 0 Å². The molecule has 1 nitrogen and oxygen atoms in total. The van der Waals surface area contributed by atoms with Crippen LogP contribution in [0.4, 0.5) is 0 Å². The van der Waals surface area contributed by atoms with Crippen molar-refractivity contribution in [2.24, 2.45) is 11.8 Å². The highest BCUT2D eigenvalue weighted by Gasteiger charge is 2.31. The second-order valence-corrected chi connectivity index (χ2v) is 6.89. The van der Waals surface area contributed by atoms with Crippen LogP contribution in [0.15, 0.2) is 0 Å². The summed E-state index contributed by atoms with van der Waals surface area (Å²) >= 11 is 2.17. The summed E-state index contributed by atoms with van der Waals surface area (Å²) in [6.07, 6.45) is 5.51. The van der Waals surface area contributed by atoms with E-state index in [9.17, 15) is 0 Å². The lowest BCUT2D eigenvalue weighted by molar-refractivity contribution is 0.246. The summed E-state index contributed by atoms with van der Waals surface area (Å²) in [5.41, 5.74) is 0. The van der Waals surface area contributed by atoms with Gasteiger partial charge in [0.2, 0.25) is 0 Å². The van der Waals surface area contributed by atoms with Gasteiger partial charge in [-0.05, 0) is 49.8 Å². The van der Waals surface area contributed by atoms with Crippen LogP contribution in [0.5, 0.6) is 0 Å². The van der Waals surface area contributed by atoms with Gasteiger partial charge in [-0.15, -0.1) is 0 Å². The standard InChI is InChI=1S/C14H29NS/c1-5-9-15-13-8-7-12(11(3)4)10-14(13)16-6-2/h11-15H,5-10H2,1-4H3. The van der Waals surface area contributed by atoms with Crippen LogP contribution in [-0.4, -0.2) is 23.6 Å². The fourth-order valence-corrected chi connectivity index (χ4v) is 4.00. The summed E-state index contributed by atoms with van der Waals surface area (Å²) in [7, 11) is 0. The summed E-state index contributed by atoms with van der Waals surface area (Å²) in [6, 6.07) is 0.778. The Hall–Kier alpha value is 0.310. The van der Waals surface area contributed by atoms with E-state index in [0.29, 0.717) is 0 Å². The largest absolute Gasteiger partial charge is 0.313 e. The molecule has 2 heteroatoms. The third-order valence-electron chi connectivity index (χ3n) is 3.81. The predicted octanol–water partition coefficient (Wildman–Crippen LogP) is 3.93. The number of thioether (sulfide) groups is 1. The lowest BCUT2D eigenvalue weighted by Gasteiger charge is -2.38. The van der Waals surface area contributed by atoms with Crippen molar-refractivity contribution in [3.05, 3.63) is 0 Å². The third kappa shape index (κ3) is 4.29. The minimum Gasteiger partial charge on any atom is -0.313 e. The maximum Gasteiger partial charge on any atom is 0.0203 e. The smallest absolute Gasteiger partial charge is 0.0203 e. The summed E-state index contributed by atoms with van der Waals surface area (Å²) in [5.74, 6) is 3.09. The van der Waals surface area contributed by atoms with Gasteiger partial charge in [-0.2, -0.15) is 11.8 Å². The van der Waals surface area contributed by atoms with Crippen LogP contribution in [0.2, 0.25) is 0 Å². The Labute approximate surface area is 106 Å². The number of hydrogen-bond donors (Lipinski definition) is 1. The molecule has 0 aromatic carbocycles. The zero-order valence-corrected chi connectivity index (χ0v) is 12.3. The van der Waals surface area contributed by atoms with Gasteiger partial charge in [-0.25, -0.2) is 0 Å². The first-order valence-corrected chi connectivity index (χ1v) is 8.08. The highest BCUT2D eigenvalue weighted by atomic mass is 32.2. The fourth-order valence-electron chi connectivity index (χ4n) is 2.73. The van der Waals surface area contributed by atoms with Gasteiger partial charge in [0.25, 0.3) is 0 Å². The van der Waals surface area contributed by atoms with Crippen LogP contribution in [0.25, 0.3) is 0 Å². The number of nitrogens with one attached hydrogen (secondary N) is 1. The molecule has 1 N–H and O–H groups in total. The van der Waals surface area contributed by atoms with Crippen LogP contribution in [0.3, 0.4) is 0 Å². The van der Waals surface area contributed by atoms with Crippen molar-refractivity contribution in [3.63, 3.8) is 0 Å². The summed E-state index contributed by atoms with van der Waals surface area (Å²) < 4.78 is 0. The quantitative estimate of drug-likeness (QED) is 0.758. The van der Waals surface area contributed by atoms with Gasteiger partial charge in [0.15, 0.2) is 0 Å². The van der Waals surface area contributed by atoms with E-state index in [4.69, 9.17) is 0 Å². The maximum atomic E-state index is 3.74. The van der Waals surface area contributed by atoms with Gasteiger partial charge >= 0.3 is 0 Å². The van der Waals surface area contributed by atoms with Gasteiger partial charge in [0, 0.05) is 11.3 Å². The van der Waals surface area contributed by atoms with E-state index in [1.807, 2.05) is 0 Å². The molecule has 0 radical (unpaired) electrons. The molecular weight excluding hydrogens is 214 g/mol. The van der Waals surface area contributed by atoms with Crippen LogP contribution >= 0.6 is 11.8 Å². The first-order valence-electron chi connectivity index (χ1n) is 7.04. The summed E-state index contributed by atoms with van der Waals surface area (Å²) in [5, 5.41) is 4.60. The molecule has 0 saturated heterocycles. The molecular formula is C14H29NS. The fraction of sp³-hybridized carbons (Fsp3) is 1.00. The van der Waals surface area contributed by atoms with Crippen molar-refractivity contribution < 1.29 is 0 Å². The molecule has 0 aromatic heterocycles. The Morgan fingerprint density at radius 2 is 2.00 bits per heavy atom. The van der Waals surface area contributed by atoms with E-state index in [1.54, 1.807) is 0 Å². The normalized spacial score (nSPS) is 30.9. The molecule has 1 aliphatic carbocycles. The van der Waals surface area contributed by atoms with Crippen molar-refractivity contribution in [1.29, 1.82) is 0 Å². The molecule has 0 amide bonds. The van der Waals surface area contributed by atoms with E-state index in [-0.39, 0.29) is 0 Å². The van der Waals surface area contributed by atoms with E-state index in [0.717, 1.165) is 23.1 Å². The van der Waals surface area contributed by atoms with E-state index < -0.39 is 0 Å². The molecule has 0 spiro atoms. The first kappa shape index (κ1) is 14.4. The number of hydrogen-bond acceptors (Lipinski definition) is 2. The molecule has 16 heavy (non-hydrogen) atoms. The highest BCUT2D eigenvalue weighted by molar-refractivity contribution is 7.99. The first-order chi connectivity index (χ1) is 7.69. The molecule has 1 rings (SSSR count). The van der Waals surface area contributed by atoms with Crippen molar-refractivity contribution in [2.75, 3.05) is 12.3 Å². The van der Waals surface area contributed by atoms with Crippen LogP contribution < -0.4 is 5.32 Å². The van der Waals surface area contributed by atoms with Gasteiger partial charge in [-0.1, -0.05) is 27.7 Å². The monoisotopic (exact) mass is 243 g/mol. The molecule has 3 atom stereocenters. The zero-order chi connectivity index (χ0) is 12.0. The second-order valence-electron chi connectivity index (χ2n) is 5.37. The Morgan fingerprint density at radius 3 is 2.56 bits per heavy atom. The van der Waals surface area contributed by atoms with E-state index in [1.165, 1.54) is 38.0 Å². The molecule has 0 aromatic rings. The predicted molar refractivity (Wildman–Crippen MR) is 76.2 cm³/mol. The molecule has 1 fully saturated rings. The Kier molecular flexibility index (Phi) is 6.83.